The Bertz CT molecular complexity index is 456. The zero-order chi connectivity index (χ0) is 13.8. The van der Waals surface area contributed by atoms with Crippen LogP contribution in [0.5, 0.6) is 0 Å². The summed E-state index contributed by atoms with van der Waals surface area (Å²) < 4.78 is 0. The first-order valence-electron chi connectivity index (χ1n) is 6.66. The largest absolute Gasteiger partial charge is 0.393 e. The third kappa shape index (κ3) is 3.20. The third-order valence-corrected chi connectivity index (χ3v) is 3.54. The second kappa shape index (κ2) is 5.97. The van der Waals surface area contributed by atoms with Crippen LogP contribution in [-0.4, -0.2) is 34.5 Å². The van der Waals surface area contributed by atoms with Gasteiger partial charge in [0.1, 0.15) is 0 Å². The lowest BCUT2D eigenvalue weighted by Gasteiger charge is -2.38. The fourth-order valence-electron chi connectivity index (χ4n) is 2.26. The van der Waals surface area contributed by atoms with Gasteiger partial charge in [-0.15, -0.1) is 0 Å². The van der Waals surface area contributed by atoms with Crippen molar-refractivity contribution in [2.45, 2.75) is 32.3 Å². The summed E-state index contributed by atoms with van der Waals surface area (Å²) in [5.41, 5.74) is 1.20. The maximum atomic E-state index is 11.8. The molecule has 1 aliphatic heterocycles. The topological polar surface area (TPSA) is 57.6 Å². The highest BCUT2D eigenvalue weighted by molar-refractivity contribution is 6.01. The fourth-order valence-corrected chi connectivity index (χ4v) is 2.26. The number of amides is 2. The van der Waals surface area contributed by atoms with E-state index in [1.165, 1.54) is 10.5 Å². The van der Waals surface area contributed by atoms with Crippen molar-refractivity contribution in [2.24, 2.45) is 5.92 Å². The molecule has 0 aliphatic carbocycles. The van der Waals surface area contributed by atoms with Crippen molar-refractivity contribution in [3.63, 3.8) is 0 Å². The van der Waals surface area contributed by atoms with Gasteiger partial charge in [-0.05, 0) is 25.3 Å². The van der Waals surface area contributed by atoms with E-state index in [1.54, 1.807) is 6.92 Å². The molecule has 0 bridgehead atoms. The second-order valence-corrected chi connectivity index (χ2v) is 5.03. The van der Waals surface area contributed by atoms with Crippen LogP contribution < -0.4 is 0 Å². The Morgan fingerprint density at radius 1 is 1.42 bits per heavy atom. The Morgan fingerprint density at radius 2 is 2.11 bits per heavy atom. The van der Waals surface area contributed by atoms with Gasteiger partial charge >= 0.3 is 0 Å². The first kappa shape index (κ1) is 13.7. The van der Waals surface area contributed by atoms with Gasteiger partial charge < -0.3 is 5.11 Å². The van der Waals surface area contributed by atoms with Crippen LogP contribution in [0.4, 0.5) is 0 Å². The van der Waals surface area contributed by atoms with Crippen LogP contribution in [0.1, 0.15) is 25.3 Å². The molecule has 1 N–H and O–H groups in total. The lowest BCUT2D eigenvalue weighted by molar-refractivity contribution is -0.163. The first-order valence-corrected chi connectivity index (χ1v) is 6.66. The summed E-state index contributed by atoms with van der Waals surface area (Å²) in [5, 5.41) is 9.31. The van der Waals surface area contributed by atoms with Gasteiger partial charge in [-0.1, -0.05) is 30.3 Å². The maximum absolute atomic E-state index is 11.8. The number of benzene rings is 1. The average Bonchev–Trinajstić information content (AvgIpc) is 2.38. The van der Waals surface area contributed by atoms with Crippen molar-refractivity contribution in [3.8, 4) is 0 Å². The standard InChI is InChI=1S/C15H19NO3/c1-11(17)13-10-16(15(13)19)14(18)9-5-8-12-6-3-2-4-7-12/h2-4,6-7,11,13,17H,5,8-10H2,1H3/t11-,13+/m1/s1. The molecule has 1 aromatic rings. The Morgan fingerprint density at radius 3 is 2.68 bits per heavy atom. The van der Waals surface area contributed by atoms with Gasteiger partial charge in [-0.25, -0.2) is 0 Å². The molecular weight excluding hydrogens is 242 g/mol. The van der Waals surface area contributed by atoms with E-state index in [4.69, 9.17) is 0 Å². The molecule has 1 fully saturated rings. The van der Waals surface area contributed by atoms with Crippen LogP contribution in [0.2, 0.25) is 0 Å². The minimum Gasteiger partial charge on any atom is -0.393 e. The molecule has 4 nitrogen and oxygen atoms in total. The van der Waals surface area contributed by atoms with Crippen LogP contribution in [0.25, 0.3) is 0 Å². The SMILES string of the molecule is C[C@@H](O)[C@@H]1CN(C(=O)CCCc2ccccc2)C1=O. The van der Waals surface area contributed by atoms with Crippen LogP contribution >= 0.6 is 0 Å². The van der Waals surface area contributed by atoms with Crippen molar-refractivity contribution in [1.29, 1.82) is 0 Å². The lowest BCUT2D eigenvalue weighted by Crippen LogP contribution is -2.58. The molecule has 1 aliphatic rings. The number of carbonyl (C=O) groups excluding carboxylic acids is 2. The second-order valence-electron chi connectivity index (χ2n) is 5.03. The quantitative estimate of drug-likeness (QED) is 0.815. The number of aryl methyl sites for hydroxylation is 1. The van der Waals surface area contributed by atoms with Crippen molar-refractivity contribution in [1.82, 2.24) is 4.90 Å². The fraction of sp³-hybridized carbons (Fsp3) is 0.467. The number of imide groups is 1. The van der Waals surface area contributed by atoms with Gasteiger partial charge in [-0.3, -0.25) is 14.5 Å². The number of rotatable bonds is 5. The molecule has 19 heavy (non-hydrogen) atoms. The Balaban J connectivity index is 1.73. The summed E-state index contributed by atoms with van der Waals surface area (Å²) in [4.78, 5) is 24.7. The third-order valence-electron chi connectivity index (χ3n) is 3.54. The molecule has 1 aromatic carbocycles. The molecule has 1 saturated heterocycles. The molecule has 2 atom stereocenters. The van der Waals surface area contributed by atoms with E-state index in [0.717, 1.165) is 12.8 Å². The molecule has 0 aromatic heterocycles. The number of nitrogens with zero attached hydrogens (tertiary/aromatic N) is 1. The van der Waals surface area contributed by atoms with Crippen molar-refractivity contribution >= 4 is 11.8 Å². The smallest absolute Gasteiger partial charge is 0.236 e. The molecule has 102 valence electrons. The molecule has 0 radical (unpaired) electrons. The molecule has 0 saturated carbocycles. The Kier molecular flexibility index (Phi) is 4.32. The van der Waals surface area contributed by atoms with E-state index >= 15 is 0 Å². The van der Waals surface area contributed by atoms with Crippen LogP contribution in [0.3, 0.4) is 0 Å². The Labute approximate surface area is 113 Å². The molecule has 1 heterocycles. The van der Waals surface area contributed by atoms with Crippen LogP contribution in [-0.2, 0) is 16.0 Å². The van der Waals surface area contributed by atoms with E-state index in [2.05, 4.69) is 0 Å². The summed E-state index contributed by atoms with van der Waals surface area (Å²) in [7, 11) is 0. The van der Waals surface area contributed by atoms with E-state index in [0.29, 0.717) is 13.0 Å². The van der Waals surface area contributed by atoms with E-state index in [-0.39, 0.29) is 11.8 Å². The molecule has 0 spiro atoms. The zero-order valence-corrected chi connectivity index (χ0v) is 11.1. The average molecular weight is 261 g/mol. The summed E-state index contributed by atoms with van der Waals surface area (Å²) >= 11 is 0. The highest BCUT2D eigenvalue weighted by atomic mass is 16.3. The molecule has 0 unspecified atom stereocenters. The number of aliphatic hydroxyl groups excluding tert-OH is 1. The summed E-state index contributed by atoms with van der Waals surface area (Å²) in [6, 6.07) is 9.97. The highest BCUT2D eigenvalue weighted by Gasteiger charge is 2.42. The van der Waals surface area contributed by atoms with E-state index < -0.39 is 12.0 Å². The zero-order valence-electron chi connectivity index (χ0n) is 11.1. The first-order chi connectivity index (χ1) is 9.09. The van der Waals surface area contributed by atoms with Crippen molar-refractivity contribution in [3.05, 3.63) is 35.9 Å². The molecular formula is C15H19NO3. The van der Waals surface area contributed by atoms with Gasteiger partial charge in [0, 0.05) is 13.0 Å². The van der Waals surface area contributed by atoms with Gasteiger partial charge in [0.25, 0.3) is 0 Å². The number of likely N-dealkylation sites (tertiary alicyclic amines) is 1. The normalized spacial score (nSPS) is 20.0. The maximum Gasteiger partial charge on any atom is 0.236 e. The van der Waals surface area contributed by atoms with Crippen molar-refractivity contribution < 1.29 is 14.7 Å². The number of hydrogen-bond donors (Lipinski definition) is 1. The summed E-state index contributed by atoms with van der Waals surface area (Å²) in [6.07, 6.45) is 1.30. The van der Waals surface area contributed by atoms with Gasteiger partial charge in [0.05, 0.1) is 12.0 Å². The summed E-state index contributed by atoms with van der Waals surface area (Å²) in [5.74, 6) is -0.754. The number of hydrogen-bond acceptors (Lipinski definition) is 3. The van der Waals surface area contributed by atoms with Crippen LogP contribution in [0, 0.1) is 5.92 Å². The van der Waals surface area contributed by atoms with E-state index in [1.807, 2.05) is 30.3 Å². The lowest BCUT2D eigenvalue weighted by atomic mass is 9.93. The number of β-lactam (4-membered cyclic amide) rings is 1. The molecule has 2 rings (SSSR count). The molecule has 4 heteroatoms. The summed E-state index contributed by atoms with van der Waals surface area (Å²) in [6.45, 7) is 1.94. The monoisotopic (exact) mass is 261 g/mol. The van der Waals surface area contributed by atoms with E-state index in [9.17, 15) is 14.7 Å². The molecule has 2 amide bonds. The van der Waals surface area contributed by atoms with Crippen LogP contribution in [0.15, 0.2) is 30.3 Å². The minimum atomic E-state index is -0.666. The number of carbonyl (C=O) groups is 2. The Hall–Kier alpha value is -1.68. The van der Waals surface area contributed by atoms with Gasteiger partial charge in [0.15, 0.2) is 0 Å². The van der Waals surface area contributed by atoms with Gasteiger partial charge in [-0.2, -0.15) is 0 Å². The highest BCUT2D eigenvalue weighted by Crippen LogP contribution is 2.22. The van der Waals surface area contributed by atoms with Crippen molar-refractivity contribution in [2.75, 3.05) is 6.54 Å². The number of aliphatic hydroxyl groups is 1. The predicted octanol–water partition coefficient (Wildman–Crippen LogP) is 1.38. The predicted molar refractivity (Wildman–Crippen MR) is 71.3 cm³/mol. The van der Waals surface area contributed by atoms with Gasteiger partial charge in [0.2, 0.25) is 11.8 Å². The minimum absolute atomic E-state index is 0.127.